The predicted octanol–water partition coefficient (Wildman–Crippen LogP) is 0.787. The zero-order chi connectivity index (χ0) is 14.9. The molecule has 1 amide bonds. The average molecular weight is 289 g/mol. The van der Waals surface area contributed by atoms with Gasteiger partial charge in [0.2, 0.25) is 0 Å². The van der Waals surface area contributed by atoms with Gasteiger partial charge in [0, 0.05) is 14.7 Å². The fourth-order valence-corrected chi connectivity index (χ4v) is 2.83. The maximum atomic E-state index is 12.0. The molecule has 0 spiro atoms. The number of rotatable bonds is 5. The Morgan fingerprint density at radius 3 is 2.60 bits per heavy atom. The second kappa shape index (κ2) is 5.54. The Labute approximate surface area is 121 Å². The zero-order valence-electron chi connectivity index (χ0n) is 12.5. The molecule has 106 valence electrons. The van der Waals surface area contributed by atoms with Gasteiger partial charge < -0.3 is 4.74 Å². The molecule has 4 nitrogen and oxygen atoms in total. The Morgan fingerprint density at radius 2 is 1.95 bits per heavy atom. The van der Waals surface area contributed by atoms with Crippen LogP contribution in [0.3, 0.4) is 0 Å². The van der Waals surface area contributed by atoms with Gasteiger partial charge in [-0.25, -0.2) is 0 Å². The predicted molar refractivity (Wildman–Crippen MR) is 85.4 cm³/mol. The summed E-state index contributed by atoms with van der Waals surface area (Å²) in [4.78, 5) is 25.3. The summed E-state index contributed by atoms with van der Waals surface area (Å²) in [5, 5.41) is 0. The van der Waals surface area contributed by atoms with Crippen LogP contribution in [0.2, 0.25) is 25.7 Å². The molecule has 1 aliphatic rings. The van der Waals surface area contributed by atoms with Gasteiger partial charge in [0.05, 0.1) is 11.3 Å². The minimum atomic E-state index is -1.14. The smallest absolute Gasteiger partial charge is 0.301 e. The van der Waals surface area contributed by atoms with Crippen LogP contribution in [0.5, 0.6) is 0 Å². The largest absolute Gasteiger partial charge is 0.361 e. The minimum absolute atomic E-state index is 0.158. The van der Waals surface area contributed by atoms with Gasteiger partial charge in [0.1, 0.15) is 14.6 Å². The van der Waals surface area contributed by atoms with E-state index in [2.05, 4.69) is 19.6 Å². The molecular weight excluding hydrogens is 269 g/mol. The lowest BCUT2D eigenvalue weighted by molar-refractivity contribution is -0.115. The Morgan fingerprint density at radius 1 is 1.25 bits per heavy atom. The van der Waals surface area contributed by atoms with Crippen molar-refractivity contribution in [2.75, 3.05) is 18.2 Å². The number of nitrogens with zero attached hydrogens (tertiary/aromatic N) is 1. The van der Waals surface area contributed by atoms with E-state index in [0.29, 0.717) is 17.9 Å². The Balaban J connectivity index is 2.03. The molecule has 0 aliphatic carbocycles. The normalized spacial score (nSPS) is 14.8. The van der Waals surface area contributed by atoms with Crippen LogP contribution in [0.4, 0.5) is 5.69 Å². The third-order valence-corrected chi connectivity index (χ3v) is 5.05. The maximum Gasteiger partial charge on any atom is 0.301 e. The summed E-state index contributed by atoms with van der Waals surface area (Å²) < 4.78 is 5.59. The molecule has 1 heterocycles. The van der Waals surface area contributed by atoms with Crippen molar-refractivity contribution in [3.8, 4) is 0 Å². The number of anilines is 1. The van der Waals surface area contributed by atoms with Crippen molar-refractivity contribution in [1.82, 2.24) is 0 Å². The van der Waals surface area contributed by atoms with Gasteiger partial charge in [-0.2, -0.15) is 0 Å². The average Bonchev–Trinajstić information content (AvgIpc) is 2.58. The van der Waals surface area contributed by atoms with Crippen molar-refractivity contribution in [3.63, 3.8) is 0 Å². The van der Waals surface area contributed by atoms with Crippen molar-refractivity contribution < 1.29 is 14.3 Å². The summed E-state index contributed by atoms with van der Waals surface area (Å²) in [7, 11) is 0.769. The lowest BCUT2D eigenvalue weighted by Gasteiger charge is -2.19. The van der Waals surface area contributed by atoms with E-state index < -0.39 is 19.8 Å². The van der Waals surface area contributed by atoms with E-state index >= 15 is 0 Å². The Kier molecular flexibility index (Phi) is 4.15. The van der Waals surface area contributed by atoms with Gasteiger partial charge in [-0.15, -0.1) is 0 Å². The first-order chi connectivity index (χ1) is 9.29. The third-order valence-electron chi connectivity index (χ3n) is 3.34. The first kappa shape index (κ1) is 15.0. The molecule has 0 saturated carbocycles. The molecule has 0 saturated heterocycles. The van der Waals surface area contributed by atoms with Crippen LogP contribution < -0.4 is 10.4 Å². The number of fused-ring (bicyclic) bond motifs is 1. The molecule has 0 radical (unpaired) electrons. The number of ether oxygens (including phenoxy) is 1. The van der Waals surface area contributed by atoms with Gasteiger partial charge in [0.15, 0.2) is 0 Å². The summed E-state index contributed by atoms with van der Waals surface area (Å²) >= 11 is 0. The maximum absolute atomic E-state index is 12.0. The fourth-order valence-electron chi connectivity index (χ4n) is 2.08. The molecule has 0 atom stereocenters. The number of hydrogen-bond donors (Lipinski definition) is 0. The summed E-state index contributed by atoms with van der Waals surface area (Å²) in [6, 6.07) is 6.52. The second-order valence-corrected chi connectivity index (χ2v) is 12.1. The second-order valence-electron chi connectivity index (χ2n) is 6.43. The number of carbonyl (C=O) groups excluding carboxylic acids is 2. The molecule has 20 heavy (non-hydrogen) atoms. The summed E-state index contributed by atoms with van der Waals surface area (Å²) in [5.41, 5.74) is 2.13. The SMILES string of the molecule is Bc1ccc2c(c1)C(=O)C(=O)N2COCC[Si](C)(C)C. The number of ketones is 1. The third kappa shape index (κ3) is 3.19. The minimum Gasteiger partial charge on any atom is -0.361 e. The van der Waals surface area contributed by atoms with Gasteiger partial charge in [0.25, 0.3) is 5.78 Å². The quantitative estimate of drug-likeness (QED) is 0.457. The van der Waals surface area contributed by atoms with E-state index in [4.69, 9.17) is 4.74 Å². The first-order valence-electron chi connectivity index (χ1n) is 6.84. The van der Waals surface area contributed by atoms with E-state index in [-0.39, 0.29) is 6.73 Å². The molecule has 0 fully saturated rings. The molecule has 0 bridgehead atoms. The lowest BCUT2D eigenvalue weighted by atomic mass is 9.93. The van der Waals surface area contributed by atoms with E-state index in [0.717, 1.165) is 11.5 Å². The van der Waals surface area contributed by atoms with Crippen molar-refractivity contribution in [2.45, 2.75) is 25.7 Å². The van der Waals surface area contributed by atoms with Crippen LogP contribution in [0, 0.1) is 0 Å². The summed E-state index contributed by atoms with van der Waals surface area (Å²) in [6.45, 7) is 7.62. The number of Topliss-reactive ketones (excluding diaryl/α,β-unsaturated/α-hetero) is 1. The van der Waals surface area contributed by atoms with Crippen LogP contribution in [-0.4, -0.2) is 40.9 Å². The topological polar surface area (TPSA) is 46.6 Å². The molecule has 0 unspecified atom stereocenters. The zero-order valence-corrected chi connectivity index (χ0v) is 13.5. The monoisotopic (exact) mass is 289 g/mol. The van der Waals surface area contributed by atoms with E-state index in [1.165, 1.54) is 4.90 Å². The molecule has 6 heteroatoms. The summed E-state index contributed by atoms with van der Waals surface area (Å²) in [6.07, 6.45) is 0. The van der Waals surface area contributed by atoms with Crippen LogP contribution in [0.25, 0.3) is 0 Å². The van der Waals surface area contributed by atoms with Crippen molar-refractivity contribution >= 4 is 38.8 Å². The molecule has 2 rings (SSSR count). The van der Waals surface area contributed by atoms with Crippen molar-refractivity contribution in [1.29, 1.82) is 0 Å². The van der Waals surface area contributed by atoms with Gasteiger partial charge in [-0.1, -0.05) is 37.2 Å². The van der Waals surface area contributed by atoms with Gasteiger partial charge in [-0.3, -0.25) is 14.5 Å². The van der Waals surface area contributed by atoms with Gasteiger partial charge >= 0.3 is 5.91 Å². The van der Waals surface area contributed by atoms with Crippen molar-refractivity contribution in [3.05, 3.63) is 23.8 Å². The highest BCUT2D eigenvalue weighted by molar-refractivity contribution is 6.76. The van der Waals surface area contributed by atoms with E-state index in [1.807, 2.05) is 20.0 Å². The van der Waals surface area contributed by atoms with Gasteiger partial charge in [-0.05, 0) is 12.1 Å². The van der Waals surface area contributed by atoms with E-state index in [1.54, 1.807) is 6.07 Å². The van der Waals surface area contributed by atoms with Crippen LogP contribution >= 0.6 is 0 Å². The number of benzene rings is 1. The molecule has 0 N–H and O–H groups in total. The summed E-state index contributed by atoms with van der Waals surface area (Å²) in [5.74, 6) is -0.920. The first-order valence-corrected chi connectivity index (χ1v) is 10.5. The van der Waals surface area contributed by atoms with Crippen LogP contribution in [0.15, 0.2) is 18.2 Å². The van der Waals surface area contributed by atoms with Crippen molar-refractivity contribution in [2.24, 2.45) is 0 Å². The van der Waals surface area contributed by atoms with E-state index in [9.17, 15) is 9.59 Å². The number of amides is 1. The number of hydrogen-bond acceptors (Lipinski definition) is 3. The number of carbonyl (C=O) groups is 2. The van der Waals surface area contributed by atoms with Crippen LogP contribution in [-0.2, 0) is 9.53 Å². The molecule has 1 aliphatic heterocycles. The Hall–Kier alpha value is -1.40. The molecule has 1 aromatic carbocycles. The fraction of sp³-hybridized carbons (Fsp3) is 0.429. The Bertz CT molecular complexity index is 554. The molecule has 0 aromatic heterocycles. The van der Waals surface area contributed by atoms with Crippen LogP contribution in [0.1, 0.15) is 10.4 Å². The standard InChI is InChI=1S/C14H20BNO3Si/c1-20(2,3)7-6-19-9-16-12-5-4-10(15)8-11(12)13(17)14(16)18/h4-5,8H,6-7,9,15H2,1-3H3. The molecular formula is C14H20BNO3Si. The lowest BCUT2D eigenvalue weighted by Crippen LogP contribution is -2.33. The highest BCUT2D eigenvalue weighted by Gasteiger charge is 2.35. The highest BCUT2D eigenvalue weighted by atomic mass is 28.3. The molecule has 1 aromatic rings. The highest BCUT2D eigenvalue weighted by Crippen LogP contribution is 2.27.